The Bertz CT molecular complexity index is 805. The van der Waals surface area contributed by atoms with Crippen molar-refractivity contribution in [3.8, 4) is 0 Å². The van der Waals surface area contributed by atoms with Gasteiger partial charge in [0.2, 0.25) is 5.91 Å². The maximum absolute atomic E-state index is 13.0. The number of aromatic nitrogens is 1. The predicted molar refractivity (Wildman–Crippen MR) is 115 cm³/mol. The zero-order valence-corrected chi connectivity index (χ0v) is 17.4. The van der Waals surface area contributed by atoms with Crippen LogP contribution in [0.15, 0.2) is 48.8 Å². The van der Waals surface area contributed by atoms with Gasteiger partial charge in [0, 0.05) is 18.9 Å². The molecule has 0 spiro atoms. The summed E-state index contributed by atoms with van der Waals surface area (Å²) in [7, 11) is 1.36. The van der Waals surface area contributed by atoms with Gasteiger partial charge >= 0.3 is 5.97 Å². The van der Waals surface area contributed by atoms with Crippen molar-refractivity contribution in [1.82, 2.24) is 20.9 Å². The van der Waals surface area contributed by atoms with Crippen molar-refractivity contribution < 1.29 is 14.3 Å². The fourth-order valence-electron chi connectivity index (χ4n) is 3.69. The number of hydrogen-bond acceptors (Lipinski definition) is 6. The van der Waals surface area contributed by atoms with Crippen LogP contribution in [0.25, 0.3) is 0 Å². The summed E-state index contributed by atoms with van der Waals surface area (Å²) in [6.45, 7) is 3.33. The van der Waals surface area contributed by atoms with E-state index in [-0.39, 0.29) is 11.9 Å². The molecule has 2 heterocycles. The number of ether oxygens (including phenoxy) is 1. The molecule has 1 aliphatic rings. The topological polar surface area (TPSA) is 92.4 Å². The van der Waals surface area contributed by atoms with Gasteiger partial charge in [0.05, 0.1) is 12.7 Å². The van der Waals surface area contributed by atoms with E-state index in [0.717, 1.165) is 37.2 Å². The Morgan fingerprint density at radius 2 is 1.83 bits per heavy atom. The van der Waals surface area contributed by atoms with Crippen molar-refractivity contribution in [3.63, 3.8) is 0 Å². The van der Waals surface area contributed by atoms with Gasteiger partial charge < -0.3 is 20.7 Å². The molecule has 0 aliphatic carbocycles. The van der Waals surface area contributed by atoms with Gasteiger partial charge in [-0.3, -0.25) is 9.78 Å². The number of nitrogens with zero attached hydrogens (tertiary/aromatic N) is 1. The fraction of sp³-hybridized carbons (Fsp3) is 0.435. The van der Waals surface area contributed by atoms with Gasteiger partial charge in [0.15, 0.2) is 0 Å². The van der Waals surface area contributed by atoms with E-state index in [2.05, 4.69) is 20.9 Å². The van der Waals surface area contributed by atoms with Crippen LogP contribution in [-0.4, -0.2) is 43.6 Å². The maximum Gasteiger partial charge on any atom is 0.337 e. The van der Waals surface area contributed by atoms with Crippen molar-refractivity contribution in [2.45, 2.75) is 31.8 Å². The number of carbonyl (C=O) groups is 2. The molecule has 2 aromatic rings. The van der Waals surface area contributed by atoms with Gasteiger partial charge in [0.25, 0.3) is 0 Å². The molecule has 1 aromatic carbocycles. The van der Waals surface area contributed by atoms with Crippen molar-refractivity contribution in [1.29, 1.82) is 0 Å². The minimum atomic E-state index is -0.486. The van der Waals surface area contributed by atoms with Crippen molar-refractivity contribution >= 4 is 11.9 Å². The lowest BCUT2D eigenvalue weighted by Gasteiger charge is -2.24. The molecule has 1 saturated heterocycles. The largest absolute Gasteiger partial charge is 0.465 e. The normalized spacial score (nSPS) is 15.4. The third kappa shape index (κ3) is 6.37. The van der Waals surface area contributed by atoms with Gasteiger partial charge in [-0.2, -0.15) is 0 Å². The lowest BCUT2D eigenvalue weighted by Crippen LogP contribution is -2.38. The molecule has 1 fully saturated rings. The average molecular weight is 411 g/mol. The number of piperidine rings is 1. The predicted octanol–water partition coefficient (Wildman–Crippen LogP) is 2.21. The number of pyridine rings is 1. The molecule has 160 valence electrons. The minimum absolute atomic E-state index is 0.0945. The number of esters is 1. The van der Waals surface area contributed by atoms with Crippen LogP contribution >= 0.6 is 0 Å². The Kier molecular flexibility index (Phi) is 8.35. The summed E-state index contributed by atoms with van der Waals surface area (Å²) in [5.41, 5.74) is 2.28. The van der Waals surface area contributed by atoms with E-state index < -0.39 is 6.04 Å². The van der Waals surface area contributed by atoms with Crippen LogP contribution in [0.1, 0.15) is 46.8 Å². The second-order valence-electron chi connectivity index (χ2n) is 7.56. The Hall–Kier alpha value is -2.77. The first-order chi connectivity index (χ1) is 14.7. The van der Waals surface area contributed by atoms with E-state index in [9.17, 15) is 9.59 Å². The molecule has 7 nitrogen and oxygen atoms in total. The smallest absolute Gasteiger partial charge is 0.337 e. The first-order valence-electron chi connectivity index (χ1n) is 10.5. The standard InChI is InChI=1S/C23H30N4O3/c1-30-23(29)20-4-2-19(3-5-20)21(26-15-10-17-6-11-24-12-7-17)22(28)27-16-18-8-13-25-14-9-18/h2-5,8-9,13-14,17,21,24,26H,6-7,10-12,15-16H2,1H3,(H,27,28). The molecule has 30 heavy (non-hydrogen) atoms. The van der Waals surface area contributed by atoms with Gasteiger partial charge in [0.1, 0.15) is 6.04 Å². The summed E-state index contributed by atoms with van der Waals surface area (Å²) in [5, 5.41) is 9.81. The second kappa shape index (κ2) is 11.4. The van der Waals surface area contributed by atoms with Crippen LogP contribution in [0, 0.1) is 5.92 Å². The Morgan fingerprint density at radius 3 is 2.50 bits per heavy atom. The van der Waals surface area contributed by atoms with Crippen molar-refractivity contribution in [2.24, 2.45) is 5.92 Å². The highest BCUT2D eigenvalue weighted by atomic mass is 16.5. The highest BCUT2D eigenvalue weighted by Gasteiger charge is 2.21. The number of methoxy groups -OCH3 is 1. The van der Waals surface area contributed by atoms with Crippen LogP contribution in [0.2, 0.25) is 0 Å². The number of rotatable bonds is 9. The monoisotopic (exact) mass is 410 g/mol. The van der Waals surface area contributed by atoms with Crippen LogP contribution < -0.4 is 16.0 Å². The molecule has 0 saturated carbocycles. The molecule has 1 aromatic heterocycles. The van der Waals surface area contributed by atoms with E-state index in [1.807, 2.05) is 12.1 Å². The van der Waals surface area contributed by atoms with E-state index in [1.54, 1.807) is 36.7 Å². The lowest BCUT2D eigenvalue weighted by atomic mass is 9.94. The number of amides is 1. The zero-order valence-electron chi connectivity index (χ0n) is 17.4. The van der Waals surface area contributed by atoms with Crippen LogP contribution in [0.5, 0.6) is 0 Å². The SMILES string of the molecule is COC(=O)c1ccc(C(NCCC2CCNCC2)C(=O)NCc2ccncc2)cc1. The molecule has 1 amide bonds. The first kappa shape index (κ1) is 21.9. The maximum atomic E-state index is 13.0. The van der Waals surface area contributed by atoms with Gasteiger partial charge in [-0.05, 0) is 80.2 Å². The quantitative estimate of drug-likeness (QED) is 0.549. The van der Waals surface area contributed by atoms with E-state index in [4.69, 9.17) is 4.74 Å². The van der Waals surface area contributed by atoms with Gasteiger partial charge in [-0.1, -0.05) is 12.1 Å². The number of hydrogen-bond donors (Lipinski definition) is 3. The van der Waals surface area contributed by atoms with E-state index in [0.29, 0.717) is 18.0 Å². The highest BCUT2D eigenvalue weighted by molar-refractivity contribution is 5.89. The molecule has 3 rings (SSSR count). The van der Waals surface area contributed by atoms with Gasteiger partial charge in [-0.15, -0.1) is 0 Å². The molecule has 1 aliphatic heterocycles. The fourth-order valence-corrected chi connectivity index (χ4v) is 3.69. The van der Waals surface area contributed by atoms with Crippen LogP contribution in [0.3, 0.4) is 0 Å². The molecule has 7 heteroatoms. The number of benzene rings is 1. The summed E-state index contributed by atoms with van der Waals surface area (Å²) in [6, 6.07) is 10.3. The van der Waals surface area contributed by atoms with E-state index >= 15 is 0 Å². The molecule has 1 unspecified atom stereocenters. The van der Waals surface area contributed by atoms with Gasteiger partial charge in [-0.25, -0.2) is 4.79 Å². The summed E-state index contributed by atoms with van der Waals surface area (Å²) in [6.07, 6.45) is 6.81. The third-order valence-electron chi connectivity index (χ3n) is 5.50. The summed E-state index contributed by atoms with van der Waals surface area (Å²) in [5.74, 6) is 0.197. The molecule has 0 bridgehead atoms. The van der Waals surface area contributed by atoms with Crippen molar-refractivity contribution in [3.05, 3.63) is 65.5 Å². The number of carbonyl (C=O) groups excluding carboxylic acids is 2. The number of nitrogens with one attached hydrogen (secondary N) is 3. The summed E-state index contributed by atoms with van der Waals surface area (Å²) in [4.78, 5) is 28.7. The summed E-state index contributed by atoms with van der Waals surface area (Å²) >= 11 is 0. The molecule has 3 N–H and O–H groups in total. The zero-order chi connectivity index (χ0) is 21.2. The Labute approximate surface area is 177 Å². The molecule has 0 radical (unpaired) electrons. The first-order valence-corrected chi connectivity index (χ1v) is 10.5. The molecule has 1 atom stereocenters. The Balaban J connectivity index is 1.65. The lowest BCUT2D eigenvalue weighted by molar-refractivity contribution is -0.123. The van der Waals surface area contributed by atoms with Crippen LogP contribution in [-0.2, 0) is 16.1 Å². The van der Waals surface area contributed by atoms with Crippen molar-refractivity contribution in [2.75, 3.05) is 26.7 Å². The second-order valence-corrected chi connectivity index (χ2v) is 7.56. The average Bonchev–Trinajstić information content (AvgIpc) is 2.81. The molecular formula is C23H30N4O3. The van der Waals surface area contributed by atoms with Crippen LogP contribution in [0.4, 0.5) is 0 Å². The Morgan fingerprint density at radius 1 is 1.13 bits per heavy atom. The third-order valence-corrected chi connectivity index (χ3v) is 5.50. The summed E-state index contributed by atoms with van der Waals surface area (Å²) < 4.78 is 4.76. The molecular weight excluding hydrogens is 380 g/mol. The minimum Gasteiger partial charge on any atom is -0.465 e. The van der Waals surface area contributed by atoms with E-state index in [1.165, 1.54) is 20.0 Å². The highest BCUT2D eigenvalue weighted by Crippen LogP contribution is 2.18.